The van der Waals surface area contributed by atoms with E-state index in [0.717, 1.165) is 24.0 Å². The third-order valence-corrected chi connectivity index (χ3v) is 6.24. The largest absolute Gasteiger partial charge is 0.326 e. The molecule has 1 atom stereocenters. The molecule has 0 spiro atoms. The van der Waals surface area contributed by atoms with Crippen molar-refractivity contribution in [1.29, 1.82) is 0 Å². The van der Waals surface area contributed by atoms with Crippen molar-refractivity contribution in [3.8, 4) is 0 Å². The summed E-state index contributed by atoms with van der Waals surface area (Å²) < 4.78 is 26.9. The van der Waals surface area contributed by atoms with Crippen molar-refractivity contribution in [3.05, 3.63) is 29.3 Å². The Morgan fingerprint density at radius 2 is 2.05 bits per heavy atom. The van der Waals surface area contributed by atoms with Crippen LogP contribution in [0.4, 0.5) is 0 Å². The zero-order valence-electron chi connectivity index (χ0n) is 11.8. The van der Waals surface area contributed by atoms with E-state index in [1.165, 1.54) is 4.31 Å². The molecule has 106 valence electrons. The van der Waals surface area contributed by atoms with E-state index in [-0.39, 0.29) is 6.04 Å². The van der Waals surface area contributed by atoms with Gasteiger partial charge in [0.25, 0.3) is 0 Å². The third-order valence-electron chi connectivity index (χ3n) is 4.15. The molecule has 0 bridgehead atoms. The first-order valence-corrected chi connectivity index (χ1v) is 8.10. The van der Waals surface area contributed by atoms with Gasteiger partial charge in [0.15, 0.2) is 0 Å². The quantitative estimate of drug-likeness (QED) is 0.896. The molecule has 4 nitrogen and oxygen atoms in total. The van der Waals surface area contributed by atoms with Gasteiger partial charge in [-0.1, -0.05) is 12.1 Å². The molecule has 1 aromatic rings. The maximum Gasteiger partial charge on any atom is 0.243 e. The van der Waals surface area contributed by atoms with Gasteiger partial charge in [-0.2, -0.15) is 4.31 Å². The Bertz CT molecular complexity index is 565. The van der Waals surface area contributed by atoms with Gasteiger partial charge in [0, 0.05) is 19.6 Å². The van der Waals surface area contributed by atoms with Crippen LogP contribution >= 0.6 is 0 Å². The first-order chi connectivity index (χ1) is 8.89. The zero-order valence-corrected chi connectivity index (χ0v) is 12.6. The van der Waals surface area contributed by atoms with Crippen LogP contribution in [0.2, 0.25) is 0 Å². The van der Waals surface area contributed by atoms with Gasteiger partial charge in [0.05, 0.1) is 4.90 Å². The Kier molecular flexibility index (Phi) is 3.99. The Labute approximate surface area is 115 Å². The van der Waals surface area contributed by atoms with Crippen molar-refractivity contribution >= 4 is 10.0 Å². The molecule has 19 heavy (non-hydrogen) atoms. The molecular formula is C14H22N2O2S. The summed E-state index contributed by atoms with van der Waals surface area (Å²) in [5.41, 5.74) is 7.30. The highest BCUT2D eigenvalue weighted by atomic mass is 32.2. The third kappa shape index (κ3) is 2.68. The predicted octanol–water partition coefficient (Wildman–Crippen LogP) is 1.87. The molecule has 0 heterocycles. The normalized spacial score (nSPS) is 17.7. The fraction of sp³-hybridized carbons (Fsp3) is 0.571. The smallest absolute Gasteiger partial charge is 0.243 e. The molecule has 2 N–H and O–H groups in total. The number of rotatable bonds is 5. The van der Waals surface area contributed by atoms with E-state index in [1.54, 1.807) is 19.2 Å². The second-order valence-electron chi connectivity index (χ2n) is 5.34. The molecule has 0 saturated heterocycles. The van der Waals surface area contributed by atoms with Crippen LogP contribution in [0, 0.1) is 12.8 Å². The molecule has 0 amide bonds. The fourth-order valence-corrected chi connectivity index (χ4v) is 4.10. The second kappa shape index (κ2) is 5.23. The highest BCUT2D eigenvalue weighted by molar-refractivity contribution is 7.89. The van der Waals surface area contributed by atoms with E-state index in [9.17, 15) is 8.42 Å². The molecule has 0 aliphatic heterocycles. The Balaban J connectivity index is 2.38. The predicted molar refractivity (Wildman–Crippen MR) is 76.2 cm³/mol. The lowest BCUT2D eigenvalue weighted by molar-refractivity contribution is 0.357. The standard InChI is InChI=1S/C14H22N2O2S/c1-10-13(9-15)5-4-6-14(10)19(17,18)16(3)11(2)12-7-8-12/h4-6,11-12H,7-9,15H2,1-3H3. The summed E-state index contributed by atoms with van der Waals surface area (Å²) in [6.45, 7) is 4.17. The van der Waals surface area contributed by atoms with Gasteiger partial charge in [0.2, 0.25) is 10.0 Å². The summed E-state index contributed by atoms with van der Waals surface area (Å²) in [6, 6.07) is 5.36. The number of hydrogen-bond acceptors (Lipinski definition) is 3. The van der Waals surface area contributed by atoms with Crippen LogP contribution in [0.5, 0.6) is 0 Å². The first-order valence-electron chi connectivity index (χ1n) is 6.66. The molecule has 5 heteroatoms. The number of nitrogens with two attached hydrogens (primary N) is 1. The maximum atomic E-state index is 12.7. The summed E-state index contributed by atoms with van der Waals surface area (Å²) in [4.78, 5) is 0.380. The lowest BCUT2D eigenvalue weighted by Crippen LogP contribution is -2.36. The summed E-state index contributed by atoms with van der Waals surface area (Å²) in [5.74, 6) is 0.512. The minimum atomic E-state index is -3.43. The van der Waals surface area contributed by atoms with Crippen molar-refractivity contribution in [2.24, 2.45) is 11.7 Å². The summed E-state index contributed by atoms with van der Waals surface area (Å²) >= 11 is 0. The average molecular weight is 282 g/mol. The summed E-state index contributed by atoms with van der Waals surface area (Å²) in [5, 5.41) is 0. The number of sulfonamides is 1. The molecule has 1 unspecified atom stereocenters. The average Bonchev–Trinajstić information content (AvgIpc) is 3.21. The number of hydrogen-bond donors (Lipinski definition) is 1. The SMILES string of the molecule is Cc1c(CN)cccc1S(=O)(=O)N(C)C(C)C1CC1. The van der Waals surface area contributed by atoms with E-state index in [4.69, 9.17) is 5.73 Å². The first kappa shape index (κ1) is 14.5. The van der Waals surface area contributed by atoms with Gasteiger partial charge in [-0.25, -0.2) is 8.42 Å². The van der Waals surface area contributed by atoms with Crippen molar-refractivity contribution in [2.75, 3.05) is 7.05 Å². The van der Waals surface area contributed by atoms with Gasteiger partial charge in [-0.05, 0) is 49.8 Å². The van der Waals surface area contributed by atoms with Crippen LogP contribution in [0.3, 0.4) is 0 Å². The summed E-state index contributed by atoms with van der Waals surface area (Å²) in [7, 11) is -1.76. The van der Waals surface area contributed by atoms with Crippen LogP contribution < -0.4 is 5.73 Å². The van der Waals surface area contributed by atoms with Crippen LogP contribution in [0.1, 0.15) is 30.9 Å². The molecule has 0 radical (unpaired) electrons. The van der Waals surface area contributed by atoms with Crippen molar-refractivity contribution < 1.29 is 8.42 Å². The summed E-state index contributed by atoms with van der Waals surface area (Å²) in [6.07, 6.45) is 2.26. The highest BCUT2D eigenvalue weighted by Gasteiger charge is 2.36. The van der Waals surface area contributed by atoms with Crippen LogP contribution in [0.15, 0.2) is 23.1 Å². The fourth-order valence-electron chi connectivity index (χ4n) is 2.41. The Morgan fingerprint density at radius 1 is 1.42 bits per heavy atom. The van der Waals surface area contributed by atoms with Gasteiger partial charge in [0.1, 0.15) is 0 Å². The molecule has 1 fully saturated rings. The molecule has 1 aliphatic rings. The maximum absolute atomic E-state index is 12.7. The topological polar surface area (TPSA) is 63.4 Å². The molecule has 1 aliphatic carbocycles. The van der Waals surface area contributed by atoms with E-state index < -0.39 is 10.0 Å². The Morgan fingerprint density at radius 3 is 2.58 bits per heavy atom. The van der Waals surface area contributed by atoms with Crippen LogP contribution in [0.25, 0.3) is 0 Å². The number of benzene rings is 1. The van der Waals surface area contributed by atoms with Crippen molar-refractivity contribution in [1.82, 2.24) is 4.31 Å². The van der Waals surface area contributed by atoms with Crippen LogP contribution in [-0.4, -0.2) is 25.8 Å². The molecule has 1 saturated carbocycles. The van der Waals surface area contributed by atoms with E-state index >= 15 is 0 Å². The zero-order chi connectivity index (χ0) is 14.2. The second-order valence-corrected chi connectivity index (χ2v) is 7.31. The van der Waals surface area contributed by atoms with Gasteiger partial charge >= 0.3 is 0 Å². The minimum absolute atomic E-state index is 0.0610. The van der Waals surface area contributed by atoms with Crippen molar-refractivity contribution in [3.63, 3.8) is 0 Å². The monoisotopic (exact) mass is 282 g/mol. The highest BCUT2D eigenvalue weighted by Crippen LogP contribution is 2.36. The van der Waals surface area contributed by atoms with Crippen LogP contribution in [-0.2, 0) is 16.6 Å². The molecule has 1 aromatic carbocycles. The van der Waals surface area contributed by atoms with Gasteiger partial charge in [-0.3, -0.25) is 0 Å². The van der Waals surface area contributed by atoms with Gasteiger partial charge in [-0.15, -0.1) is 0 Å². The minimum Gasteiger partial charge on any atom is -0.326 e. The van der Waals surface area contributed by atoms with E-state index in [2.05, 4.69) is 0 Å². The molecule has 2 rings (SSSR count). The van der Waals surface area contributed by atoms with Gasteiger partial charge < -0.3 is 5.73 Å². The lowest BCUT2D eigenvalue weighted by Gasteiger charge is -2.25. The lowest BCUT2D eigenvalue weighted by atomic mass is 10.1. The van der Waals surface area contributed by atoms with E-state index in [0.29, 0.717) is 17.4 Å². The Hall–Kier alpha value is -0.910. The molecule has 0 aromatic heterocycles. The number of nitrogens with zero attached hydrogens (tertiary/aromatic N) is 1. The molecular weight excluding hydrogens is 260 g/mol. The van der Waals surface area contributed by atoms with Crippen molar-refractivity contribution in [2.45, 2.75) is 44.2 Å². The van der Waals surface area contributed by atoms with E-state index in [1.807, 2.05) is 19.9 Å².